The molecule has 44 heavy (non-hydrogen) atoms. The standard InChI is InChI=1S/C21H23N5O7S3.C4H4O4/c1-5-6-34-11-8-35-17-13(24-15(27)12(25-31)10-7-36-20(22)23-10)16(28)26(17)14(11)18(29)32-9-33-19(30)21(2,3)4;5-3(6)1-2-4(7)8/h1,7,13,17,31H,6,8-9H2,2-4H3,(H2,22,23)(H,24,27);1-2H,(H,5,6)(H,7,8)/b25-12-;2-1-/t13-,17+;/m1./s1. The van der Waals surface area contributed by atoms with Crippen LogP contribution in [0.3, 0.4) is 0 Å². The molecule has 19 heteroatoms. The number of rotatable bonds is 10. The molecule has 0 spiro atoms. The Balaban J connectivity index is 0.000000742. The Bertz CT molecular complexity index is 1440. The number of terminal acetylenes is 1. The maximum Gasteiger partial charge on any atom is 0.358 e. The highest BCUT2D eigenvalue weighted by Gasteiger charge is 2.55. The van der Waals surface area contributed by atoms with Gasteiger partial charge in [-0.1, -0.05) is 11.1 Å². The van der Waals surface area contributed by atoms with Crippen LogP contribution in [0.15, 0.2) is 33.3 Å². The number of hydrogen-bond acceptors (Lipinski definition) is 15. The first-order chi connectivity index (χ1) is 20.6. The van der Waals surface area contributed by atoms with Gasteiger partial charge in [0.2, 0.25) is 6.79 Å². The molecule has 1 aromatic heterocycles. The zero-order chi connectivity index (χ0) is 33.2. The first-order valence-corrected chi connectivity index (χ1v) is 15.0. The van der Waals surface area contributed by atoms with Gasteiger partial charge >= 0.3 is 23.9 Å². The molecular weight excluding hydrogens is 643 g/mol. The monoisotopic (exact) mass is 669 g/mol. The molecule has 1 saturated heterocycles. The smallest absolute Gasteiger partial charge is 0.358 e. The summed E-state index contributed by atoms with van der Waals surface area (Å²) in [5.41, 5.74) is 4.41. The van der Waals surface area contributed by atoms with Gasteiger partial charge in [-0.05, 0) is 20.8 Å². The molecule has 16 nitrogen and oxygen atoms in total. The number of nitrogens with two attached hydrogens (primary N) is 1. The quantitative estimate of drug-likeness (QED) is 0.0336. The van der Waals surface area contributed by atoms with Crippen molar-refractivity contribution >= 4 is 81.4 Å². The minimum atomic E-state index is -1.26. The first-order valence-electron chi connectivity index (χ1n) is 12.1. The largest absolute Gasteiger partial charge is 0.478 e. The molecule has 2 aliphatic heterocycles. The molecule has 0 unspecified atom stereocenters. The molecule has 2 amide bonds. The number of β-lactam (4-membered cyclic amide) rings is 1. The van der Waals surface area contributed by atoms with Crippen molar-refractivity contribution in [2.24, 2.45) is 10.6 Å². The van der Waals surface area contributed by atoms with Crippen molar-refractivity contribution in [1.29, 1.82) is 0 Å². The second kappa shape index (κ2) is 15.8. The van der Waals surface area contributed by atoms with E-state index >= 15 is 0 Å². The number of thiazole rings is 1. The molecule has 2 aliphatic rings. The van der Waals surface area contributed by atoms with Gasteiger partial charge in [-0.25, -0.2) is 19.4 Å². The van der Waals surface area contributed by atoms with Gasteiger partial charge < -0.3 is 35.9 Å². The van der Waals surface area contributed by atoms with Crippen LogP contribution in [-0.2, 0) is 38.2 Å². The van der Waals surface area contributed by atoms with Crippen LogP contribution in [0.5, 0.6) is 0 Å². The van der Waals surface area contributed by atoms with E-state index in [2.05, 4.69) is 21.4 Å². The number of aliphatic carboxylic acids is 2. The topological polar surface area (TPSA) is 248 Å². The highest BCUT2D eigenvalue weighted by molar-refractivity contribution is 8.06. The predicted octanol–water partition coefficient (Wildman–Crippen LogP) is 0.683. The molecule has 1 fully saturated rings. The van der Waals surface area contributed by atoms with Crippen molar-refractivity contribution in [1.82, 2.24) is 15.2 Å². The number of esters is 2. The van der Waals surface area contributed by atoms with E-state index in [0.29, 0.717) is 22.8 Å². The van der Waals surface area contributed by atoms with Crippen LogP contribution < -0.4 is 11.1 Å². The van der Waals surface area contributed by atoms with Crippen LogP contribution in [0.1, 0.15) is 26.5 Å². The summed E-state index contributed by atoms with van der Waals surface area (Å²) in [4.78, 5) is 75.3. The number of oxime groups is 1. The average Bonchev–Trinajstić information content (AvgIpc) is 3.38. The van der Waals surface area contributed by atoms with Crippen LogP contribution in [0.4, 0.5) is 5.13 Å². The van der Waals surface area contributed by atoms with Gasteiger partial charge in [0, 0.05) is 28.2 Å². The summed E-state index contributed by atoms with van der Waals surface area (Å²) in [6, 6.07) is -1.00. The number of hydrogen-bond donors (Lipinski definition) is 5. The van der Waals surface area contributed by atoms with Crippen molar-refractivity contribution in [2.45, 2.75) is 32.2 Å². The number of aromatic nitrogens is 1. The van der Waals surface area contributed by atoms with E-state index in [1.807, 2.05) is 0 Å². The summed E-state index contributed by atoms with van der Waals surface area (Å²) in [6.07, 6.45) is 6.46. The van der Waals surface area contributed by atoms with E-state index in [9.17, 15) is 34.0 Å². The number of carbonyl (C=O) groups is 6. The molecule has 0 saturated carbocycles. The van der Waals surface area contributed by atoms with E-state index < -0.39 is 65.0 Å². The molecule has 6 N–H and O–H groups in total. The highest BCUT2D eigenvalue weighted by Crippen LogP contribution is 2.43. The second-order valence-corrected chi connectivity index (χ2v) is 12.5. The van der Waals surface area contributed by atoms with Crippen LogP contribution in [-0.4, -0.2) is 96.4 Å². The fourth-order valence-electron chi connectivity index (χ4n) is 3.20. The number of carboxylic acid groups (broad SMARTS) is 2. The lowest BCUT2D eigenvalue weighted by Crippen LogP contribution is -2.71. The average molecular weight is 670 g/mol. The number of fused-ring (bicyclic) bond motifs is 1. The highest BCUT2D eigenvalue weighted by atomic mass is 32.2. The van der Waals surface area contributed by atoms with Crippen molar-refractivity contribution in [3.63, 3.8) is 0 Å². The maximum atomic E-state index is 13.0. The van der Waals surface area contributed by atoms with Gasteiger partial charge in [-0.15, -0.1) is 41.3 Å². The molecule has 0 aromatic carbocycles. The van der Waals surface area contributed by atoms with E-state index in [1.165, 1.54) is 33.8 Å². The Morgan fingerprint density at radius 1 is 1.25 bits per heavy atom. The Hall–Kier alpha value is -4.54. The molecule has 1 aromatic rings. The summed E-state index contributed by atoms with van der Waals surface area (Å²) in [5.74, 6) is -2.31. The van der Waals surface area contributed by atoms with Crippen molar-refractivity contribution in [3.8, 4) is 12.3 Å². The first kappa shape index (κ1) is 35.7. The van der Waals surface area contributed by atoms with Gasteiger partial charge in [0.05, 0.1) is 11.2 Å². The number of nitrogens with one attached hydrogen (secondary N) is 1. The molecule has 0 aliphatic carbocycles. The minimum Gasteiger partial charge on any atom is -0.478 e. The van der Waals surface area contributed by atoms with Crippen molar-refractivity contribution in [3.05, 3.63) is 33.8 Å². The number of anilines is 1. The molecule has 236 valence electrons. The Kier molecular flexibility index (Phi) is 12.8. The van der Waals surface area contributed by atoms with E-state index in [1.54, 1.807) is 20.8 Å². The number of nitrogen functional groups attached to an aromatic ring is 1. The zero-order valence-electron chi connectivity index (χ0n) is 23.3. The summed E-state index contributed by atoms with van der Waals surface area (Å²) in [7, 11) is 0. The number of amides is 2. The lowest BCUT2D eigenvalue weighted by Gasteiger charge is -2.49. The number of carbonyl (C=O) groups excluding carboxylic acids is 4. The summed E-state index contributed by atoms with van der Waals surface area (Å²) >= 11 is 3.57. The molecule has 2 atom stereocenters. The van der Waals surface area contributed by atoms with Gasteiger partial charge in [0.1, 0.15) is 22.8 Å². The lowest BCUT2D eigenvalue weighted by molar-refractivity contribution is -0.173. The molecule has 3 rings (SSSR count). The Morgan fingerprint density at radius 3 is 2.39 bits per heavy atom. The third-order valence-corrected chi connectivity index (χ3v) is 8.32. The molecule has 0 radical (unpaired) electrons. The van der Waals surface area contributed by atoms with Crippen LogP contribution >= 0.6 is 34.9 Å². The third-order valence-electron chi connectivity index (χ3n) is 5.18. The minimum absolute atomic E-state index is 0.0235. The zero-order valence-corrected chi connectivity index (χ0v) is 25.8. The maximum absolute atomic E-state index is 13.0. The van der Waals surface area contributed by atoms with E-state index in [0.717, 1.165) is 11.3 Å². The summed E-state index contributed by atoms with van der Waals surface area (Å²) in [6.45, 7) is 4.33. The number of thioether (sulfide) groups is 2. The van der Waals surface area contributed by atoms with Crippen LogP contribution in [0.25, 0.3) is 0 Å². The predicted molar refractivity (Wildman–Crippen MR) is 159 cm³/mol. The van der Waals surface area contributed by atoms with Gasteiger partial charge in [0.25, 0.3) is 11.8 Å². The van der Waals surface area contributed by atoms with E-state index in [-0.39, 0.29) is 22.3 Å². The van der Waals surface area contributed by atoms with Crippen LogP contribution in [0.2, 0.25) is 0 Å². The summed E-state index contributed by atoms with van der Waals surface area (Å²) < 4.78 is 10.1. The third kappa shape index (κ3) is 9.48. The van der Waals surface area contributed by atoms with Gasteiger partial charge in [-0.3, -0.25) is 19.3 Å². The van der Waals surface area contributed by atoms with Crippen molar-refractivity contribution in [2.75, 3.05) is 24.0 Å². The van der Waals surface area contributed by atoms with Crippen LogP contribution in [0, 0.1) is 17.8 Å². The Labute approximate surface area is 262 Å². The van der Waals surface area contributed by atoms with Gasteiger partial charge in [-0.2, -0.15) is 0 Å². The van der Waals surface area contributed by atoms with E-state index in [4.69, 9.17) is 31.8 Å². The Morgan fingerprint density at radius 2 is 1.89 bits per heavy atom. The fourth-order valence-corrected chi connectivity index (χ4v) is 6.06. The second-order valence-electron chi connectivity index (χ2n) is 9.39. The summed E-state index contributed by atoms with van der Waals surface area (Å²) in [5, 5.41) is 31.4. The molecule has 0 bridgehead atoms. The number of ether oxygens (including phenoxy) is 2. The number of nitrogens with zero attached hydrogens (tertiary/aromatic N) is 3. The SMILES string of the molecule is C#CCSC1=C(C(=O)OCOC(=O)C(C)(C)C)N2C(=O)[C@@H](NC(=O)/C(=N\O)c3csc(N)n3)[C@@H]2SC1.O=C(O)/C=C\C(=O)O. The number of carboxylic acids is 2. The fraction of sp³-hybridized carbons (Fsp3) is 0.360. The molecule has 3 heterocycles. The van der Waals surface area contributed by atoms with Crippen molar-refractivity contribution < 1.29 is 53.7 Å². The molecular formula is C25H27N5O11S3. The lowest BCUT2D eigenvalue weighted by atomic mass is 9.98. The van der Waals surface area contributed by atoms with Gasteiger partial charge in [0.15, 0.2) is 10.8 Å². The normalized spacial score (nSPS) is 17.8.